The molecule has 0 aliphatic heterocycles. The van der Waals surface area contributed by atoms with Crippen LogP contribution < -0.4 is 15.7 Å². The average molecular weight is 412 g/mol. The number of fused-ring (bicyclic) bond motifs is 1. The zero-order valence-electron chi connectivity index (χ0n) is 16.9. The summed E-state index contributed by atoms with van der Waals surface area (Å²) in [4.78, 5) is 24.7. The number of benzene rings is 3. The van der Waals surface area contributed by atoms with Crippen LogP contribution in [0.4, 0.5) is 0 Å². The van der Waals surface area contributed by atoms with Gasteiger partial charge >= 0.3 is 0 Å². The van der Waals surface area contributed by atoms with Crippen LogP contribution in [0.3, 0.4) is 0 Å². The monoisotopic (exact) mass is 412 g/mol. The van der Waals surface area contributed by atoms with Crippen LogP contribution in [0.1, 0.15) is 21.6 Å². The van der Waals surface area contributed by atoms with Gasteiger partial charge in [0.15, 0.2) is 5.69 Å². The summed E-state index contributed by atoms with van der Waals surface area (Å²) < 4.78 is 6.91. The number of aryl methyl sites for hydroxylation is 1. The summed E-state index contributed by atoms with van der Waals surface area (Å²) in [5.41, 5.74) is 4.24. The second-order valence-electron chi connectivity index (χ2n) is 6.87. The smallest absolute Gasteiger partial charge is 0.292 e. The zero-order valence-corrected chi connectivity index (χ0v) is 16.9. The van der Waals surface area contributed by atoms with Gasteiger partial charge in [0.1, 0.15) is 12.4 Å². The second-order valence-corrected chi connectivity index (χ2v) is 6.87. The minimum Gasteiger partial charge on any atom is -0.489 e. The zero-order chi connectivity index (χ0) is 21.6. The van der Waals surface area contributed by atoms with E-state index in [0.29, 0.717) is 17.4 Å². The first-order chi connectivity index (χ1) is 15.1. The molecule has 0 bridgehead atoms. The molecular formula is C24H20N4O3. The van der Waals surface area contributed by atoms with Gasteiger partial charge < -0.3 is 4.74 Å². The van der Waals surface area contributed by atoms with Gasteiger partial charge in [-0.1, -0.05) is 48.5 Å². The molecule has 0 saturated carbocycles. The molecule has 7 nitrogen and oxygen atoms in total. The third-order valence-electron chi connectivity index (χ3n) is 4.68. The standard InChI is InChI=1S/C24H20N4O3/c1-28-24(30)21-10-6-5-9-20(21)22(27-28)23(29)26-25-15-17-11-13-19(14-12-17)31-16-18-7-3-2-4-8-18/h2-15H,16H2,1H3,(H,26,29)/b25-15+. The molecule has 0 atom stereocenters. The Balaban J connectivity index is 1.41. The normalized spacial score (nSPS) is 11.0. The van der Waals surface area contributed by atoms with Crippen LogP contribution in [0.5, 0.6) is 5.75 Å². The van der Waals surface area contributed by atoms with Gasteiger partial charge in [0.05, 0.1) is 11.6 Å². The molecule has 0 aliphatic rings. The predicted octanol–water partition coefficient (Wildman–Crippen LogP) is 3.28. The van der Waals surface area contributed by atoms with Gasteiger partial charge in [0.25, 0.3) is 11.5 Å². The van der Waals surface area contributed by atoms with E-state index in [1.54, 1.807) is 24.3 Å². The lowest BCUT2D eigenvalue weighted by molar-refractivity contribution is 0.0950. The Morgan fingerprint density at radius 1 is 1.00 bits per heavy atom. The van der Waals surface area contributed by atoms with Crippen LogP contribution >= 0.6 is 0 Å². The summed E-state index contributed by atoms with van der Waals surface area (Å²) in [6, 6.07) is 24.2. The quantitative estimate of drug-likeness (QED) is 0.389. The molecule has 7 heteroatoms. The van der Waals surface area contributed by atoms with Crippen molar-refractivity contribution in [3.05, 3.63) is 106 Å². The molecule has 3 aromatic carbocycles. The Labute approximate surface area is 178 Å². The molecule has 4 aromatic rings. The summed E-state index contributed by atoms with van der Waals surface area (Å²) in [5.74, 6) is 0.247. The molecule has 31 heavy (non-hydrogen) atoms. The highest BCUT2D eigenvalue weighted by Gasteiger charge is 2.14. The Morgan fingerprint density at radius 2 is 1.68 bits per heavy atom. The van der Waals surface area contributed by atoms with Gasteiger partial charge in [-0.25, -0.2) is 10.1 Å². The highest BCUT2D eigenvalue weighted by Crippen LogP contribution is 2.14. The molecule has 154 valence electrons. The number of carbonyl (C=O) groups is 1. The lowest BCUT2D eigenvalue weighted by atomic mass is 10.1. The molecular weight excluding hydrogens is 392 g/mol. The Morgan fingerprint density at radius 3 is 2.42 bits per heavy atom. The molecule has 1 N–H and O–H groups in total. The molecule has 1 amide bonds. The highest BCUT2D eigenvalue weighted by atomic mass is 16.5. The number of amides is 1. The van der Waals surface area contributed by atoms with Gasteiger partial charge in [-0.05, 0) is 41.5 Å². The first-order valence-corrected chi connectivity index (χ1v) is 9.68. The van der Waals surface area contributed by atoms with E-state index in [1.807, 2.05) is 54.6 Å². The third kappa shape index (κ3) is 4.67. The molecule has 0 fully saturated rings. The fourth-order valence-corrected chi connectivity index (χ4v) is 3.08. The molecule has 0 radical (unpaired) electrons. The molecule has 0 spiro atoms. The highest BCUT2D eigenvalue weighted by molar-refractivity contribution is 6.04. The topological polar surface area (TPSA) is 85.6 Å². The van der Waals surface area contributed by atoms with Crippen molar-refractivity contribution in [1.82, 2.24) is 15.2 Å². The Hall–Kier alpha value is -4.26. The van der Waals surface area contributed by atoms with Gasteiger partial charge in [-0.15, -0.1) is 0 Å². The summed E-state index contributed by atoms with van der Waals surface area (Å²) in [5, 5.41) is 9.01. The maximum Gasteiger partial charge on any atom is 0.292 e. The number of hydrogen-bond donors (Lipinski definition) is 1. The van der Waals surface area contributed by atoms with Crippen molar-refractivity contribution in [2.24, 2.45) is 12.1 Å². The largest absolute Gasteiger partial charge is 0.489 e. The Kier molecular flexibility index (Phi) is 5.84. The van der Waals surface area contributed by atoms with E-state index in [-0.39, 0.29) is 11.3 Å². The molecule has 1 heterocycles. The fourth-order valence-electron chi connectivity index (χ4n) is 3.08. The van der Waals surface area contributed by atoms with Gasteiger partial charge in [0.2, 0.25) is 0 Å². The van der Waals surface area contributed by atoms with Crippen LogP contribution in [0.15, 0.2) is 88.8 Å². The van der Waals surface area contributed by atoms with Gasteiger partial charge in [0, 0.05) is 12.4 Å². The predicted molar refractivity (Wildman–Crippen MR) is 119 cm³/mol. The van der Waals surface area contributed by atoms with E-state index >= 15 is 0 Å². The van der Waals surface area contributed by atoms with Crippen LogP contribution in [0.2, 0.25) is 0 Å². The number of rotatable bonds is 6. The van der Waals surface area contributed by atoms with E-state index in [2.05, 4.69) is 15.6 Å². The minimum absolute atomic E-state index is 0.138. The van der Waals surface area contributed by atoms with E-state index in [9.17, 15) is 9.59 Å². The number of nitrogens with zero attached hydrogens (tertiary/aromatic N) is 3. The maximum absolute atomic E-state index is 12.6. The number of aromatic nitrogens is 2. The van der Waals surface area contributed by atoms with Crippen molar-refractivity contribution >= 4 is 22.9 Å². The van der Waals surface area contributed by atoms with E-state index < -0.39 is 5.91 Å². The van der Waals surface area contributed by atoms with Crippen molar-refractivity contribution in [2.45, 2.75) is 6.61 Å². The van der Waals surface area contributed by atoms with E-state index in [4.69, 9.17) is 4.74 Å². The van der Waals surface area contributed by atoms with Crippen LogP contribution in [-0.4, -0.2) is 21.9 Å². The lowest BCUT2D eigenvalue weighted by Gasteiger charge is -2.07. The summed E-state index contributed by atoms with van der Waals surface area (Å²) in [6.45, 7) is 0.491. The van der Waals surface area contributed by atoms with E-state index in [1.165, 1.54) is 13.3 Å². The van der Waals surface area contributed by atoms with Crippen molar-refractivity contribution in [3.63, 3.8) is 0 Å². The molecule has 0 saturated heterocycles. The van der Waals surface area contributed by atoms with Crippen molar-refractivity contribution in [3.8, 4) is 5.75 Å². The van der Waals surface area contributed by atoms with Crippen molar-refractivity contribution in [1.29, 1.82) is 0 Å². The van der Waals surface area contributed by atoms with Crippen LogP contribution in [-0.2, 0) is 13.7 Å². The van der Waals surface area contributed by atoms with Crippen LogP contribution in [0.25, 0.3) is 10.8 Å². The van der Waals surface area contributed by atoms with E-state index in [0.717, 1.165) is 21.6 Å². The Bertz CT molecular complexity index is 1300. The molecule has 4 rings (SSSR count). The summed E-state index contributed by atoms with van der Waals surface area (Å²) in [7, 11) is 1.51. The lowest BCUT2D eigenvalue weighted by Crippen LogP contribution is -2.27. The van der Waals surface area contributed by atoms with Gasteiger partial charge in [-0.2, -0.15) is 10.2 Å². The molecule has 0 aliphatic carbocycles. The average Bonchev–Trinajstić information content (AvgIpc) is 2.81. The van der Waals surface area contributed by atoms with Gasteiger partial charge in [-0.3, -0.25) is 9.59 Å². The van der Waals surface area contributed by atoms with Crippen LogP contribution in [0, 0.1) is 0 Å². The summed E-state index contributed by atoms with van der Waals surface area (Å²) in [6.07, 6.45) is 1.53. The molecule has 1 aromatic heterocycles. The maximum atomic E-state index is 12.6. The fraction of sp³-hybridized carbons (Fsp3) is 0.0833. The number of ether oxygens (including phenoxy) is 1. The second kappa shape index (κ2) is 9.04. The van der Waals surface area contributed by atoms with Crippen molar-refractivity contribution < 1.29 is 9.53 Å². The number of hydrogen-bond acceptors (Lipinski definition) is 5. The summed E-state index contributed by atoms with van der Waals surface area (Å²) >= 11 is 0. The molecule has 0 unspecified atom stereocenters. The first kappa shape index (κ1) is 20.0. The number of carbonyl (C=O) groups excluding carboxylic acids is 1. The number of hydrazone groups is 1. The van der Waals surface area contributed by atoms with Crippen molar-refractivity contribution in [2.75, 3.05) is 0 Å². The minimum atomic E-state index is -0.495. The SMILES string of the molecule is Cn1nc(C(=O)N/N=C/c2ccc(OCc3ccccc3)cc2)c2ccccc2c1=O. The first-order valence-electron chi connectivity index (χ1n) is 9.68. The third-order valence-corrected chi connectivity index (χ3v) is 4.68. The number of nitrogens with one attached hydrogen (secondary N) is 1.